The molecule has 0 bridgehead atoms. The highest BCUT2D eigenvalue weighted by molar-refractivity contribution is 5.80. The number of rotatable bonds is 5. The van der Waals surface area contributed by atoms with E-state index < -0.39 is 0 Å². The summed E-state index contributed by atoms with van der Waals surface area (Å²) in [6.07, 6.45) is 0. The van der Waals surface area contributed by atoms with E-state index in [1.54, 1.807) is 0 Å². The van der Waals surface area contributed by atoms with E-state index in [0.717, 1.165) is 44.8 Å². The zero-order chi connectivity index (χ0) is 27.5. The fourth-order valence-electron chi connectivity index (χ4n) is 4.76. The molecule has 0 aliphatic carbocycles. The van der Waals surface area contributed by atoms with Crippen molar-refractivity contribution < 1.29 is 0 Å². The molecule has 6 rings (SSSR count). The number of hydrogen-bond acceptors (Lipinski definition) is 3. The Kier molecular flexibility index (Phi) is 6.79. The lowest BCUT2D eigenvalue weighted by molar-refractivity contribution is 0.543. The number of aromatic nitrogens is 3. The van der Waals surface area contributed by atoms with Gasteiger partial charge in [0.1, 0.15) is 5.82 Å². The third-order valence-electron chi connectivity index (χ3n) is 6.96. The molecule has 0 saturated carbocycles. The molecule has 0 radical (unpaired) electrons. The Hall–Kier alpha value is -4.89. The number of nitrogens with zero attached hydrogens (tertiary/aromatic N) is 3. The van der Waals surface area contributed by atoms with Crippen LogP contribution < -0.4 is 0 Å². The predicted octanol–water partition coefficient (Wildman–Crippen LogP) is 9.50. The first kappa shape index (κ1) is 25.4. The van der Waals surface area contributed by atoms with Gasteiger partial charge in [-0.1, -0.05) is 136 Å². The van der Waals surface area contributed by atoms with Crippen LogP contribution in [0.25, 0.3) is 56.2 Å². The summed E-state index contributed by atoms with van der Waals surface area (Å²) in [6.45, 7) is 6.43. The van der Waals surface area contributed by atoms with E-state index in [9.17, 15) is 0 Å². The summed E-state index contributed by atoms with van der Waals surface area (Å²) in [5, 5.41) is 0. The van der Waals surface area contributed by atoms with Crippen molar-refractivity contribution in [1.82, 2.24) is 15.0 Å². The summed E-state index contributed by atoms with van der Waals surface area (Å²) in [6, 6.07) is 46.4. The van der Waals surface area contributed by atoms with Gasteiger partial charge in [-0.25, -0.2) is 15.0 Å². The Bertz CT molecular complexity index is 1680. The van der Waals surface area contributed by atoms with Crippen molar-refractivity contribution in [2.45, 2.75) is 26.2 Å². The molecule has 0 atom stereocenters. The first-order valence-electron chi connectivity index (χ1n) is 13.6. The molecule has 194 valence electrons. The summed E-state index contributed by atoms with van der Waals surface area (Å²) in [7, 11) is 0. The summed E-state index contributed by atoms with van der Waals surface area (Å²) >= 11 is 0. The number of hydrogen-bond donors (Lipinski definition) is 0. The van der Waals surface area contributed by atoms with Crippen LogP contribution in [-0.4, -0.2) is 15.0 Å². The molecule has 0 fully saturated rings. The summed E-state index contributed by atoms with van der Waals surface area (Å²) in [4.78, 5) is 15.0. The molecule has 5 aromatic carbocycles. The summed E-state index contributed by atoms with van der Waals surface area (Å²) in [5.41, 5.74) is 8.62. The van der Waals surface area contributed by atoms with Gasteiger partial charge in [0.05, 0.1) is 0 Å². The third-order valence-corrected chi connectivity index (χ3v) is 6.96. The molecule has 0 amide bonds. The topological polar surface area (TPSA) is 38.7 Å². The van der Waals surface area contributed by atoms with Crippen LogP contribution in [0.1, 0.15) is 26.6 Å². The highest BCUT2D eigenvalue weighted by Crippen LogP contribution is 2.33. The van der Waals surface area contributed by atoms with Crippen molar-refractivity contribution in [3.05, 3.63) is 139 Å². The van der Waals surface area contributed by atoms with E-state index in [4.69, 9.17) is 15.0 Å². The lowest BCUT2D eigenvalue weighted by atomic mass is 9.94. The predicted molar refractivity (Wildman–Crippen MR) is 166 cm³/mol. The van der Waals surface area contributed by atoms with Gasteiger partial charge in [0.15, 0.2) is 11.6 Å². The van der Waals surface area contributed by atoms with E-state index >= 15 is 0 Å². The zero-order valence-corrected chi connectivity index (χ0v) is 23.0. The van der Waals surface area contributed by atoms with Crippen LogP contribution in [0, 0.1) is 0 Å². The lowest BCUT2D eigenvalue weighted by Crippen LogP contribution is -2.18. The van der Waals surface area contributed by atoms with Crippen molar-refractivity contribution in [3.63, 3.8) is 0 Å². The molecule has 1 aromatic heterocycles. The Morgan fingerprint density at radius 3 is 1.15 bits per heavy atom. The van der Waals surface area contributed by atoms with Gasteiger partial charge in [-0.15, -0.1) is 0 Å². The van der Waals surface area contributed by atoms with Gasteiger partial charge in [-0.05, 0) is 51.6 Å². The summed E-state index contributed by atoms with van der Waals surface area (Å²) in [5.74, 6) is 2.13. The zero-order valence-electron chi connectivity index (χ0n) is 23.0. The average Bonchev–Trinajstić information content (AvgIpc) is 3.01. The molecule has 0 saturated heterocycles. The molecule has 0 aliphatic rings. The van der Waals surface area contributed by atoms with E-state index in [-0.39, 0.29) is 5.41 Å². The van der Waals surface area contributed by atoms with Crippen LogP contribution in [-0.2, 0) is 5.41 Å². The maximum atomic E-state index is 5.04. The molecule has 3 heteroatoms. The van der Waals surface area contributed by atoms with Crippen LogP contribution in [0.4, 0.5) is 0 Å². The van der Waals surface area contributed by atoms with Crippen molar-refractivity contribution >= 4 is 0 Å². The normalized spacial score (nSPS) is 11.4. The Morgan fingerprint density at radius 1 is 0.350 bits per heavy atom. The lowest BCUT2D eigenvalue weighted by Gasteiger charge is -2.19. The Morgan fingerprint density at radius 2 is 0.700 bits per heavy atom. The maximum absolute atomic E-state index is 5.04. The molecule has 3 nitrogen and oxygen atoms in total. The first-order chi connectivity index (χ1) is 19.4. The van der Waals surface area contributed by atoms with Gasteiger partial charge >= 0.3 is 0 Å². The van der Waals surface area contributed by atoms with Gasteiger partial charge in [0.2, 0.25) is 0 Å². The van der Waals surface area contributed by atoms with Gasteiger partial charge in [0.25, 0.3) is 0 Å². The molecule has 40 heavy (non-hydrogen) atoms. The largest absolute Gasteiger partial charge is 0.212 e. The maximum Gasteiger partial charge on any atom is 0.163 e. The van der Waals surface area contributed by atoms with Crippen LogP contribution in [0.3, 0.4) is 0 Å². The molecule has 6 aromatic rings. The fraction of sp³-hybridized carbons (Fsp3) is 0.108. The SMILES string of the molecule is CC(C)(C)c1nc(-c2ccc(-c3ccccc3)cc2)nc(-c2cc(-c3ccccc3)cc(-c3ccccc3)c2)n1. The second kappa shape index (κ2) is 10.7. The van der Waals surface area contributed by atoms with Gasteiger partial charge in [0, 0.05) is 16.5 Å². The Balaban J connectivity index is 1.50. The second-order valence-electron chi connectivity index (χ2n) is 11.0. The average molecular weight is 518 g/mol. The minimum Gasteiger partial charge on any atom is -0.212 e. The van der Waals surface area contributed by atoms with Crippen LogP contribution in [0.15, 0.2) is 133 Å². The molecule has 0 spiro atoms. The fourth-order valence-corrected chi connectivity index (χ4v) is 4.76. The van der Waals surface area contributed by atoms with Crippen LogP contribution >= 0.6 is 0 Å². The highest BCUT2D eigenvalue weighted by Gasteiger charge is 2.21. The minimum atomic E-state index is -0.240. The van der Waals surface area contributed by atoms with Gasteiger partial charge in [-0.2, -0.15) is 0 Å². The van der Waals surface area contributed by atoms with E-state index in [1.165, 1.54) is 5.56 Å². The molecule has 0 aliphatic heterocycles. The number of benzene rings is 5. The standard InChI is InChI=1S/C37H31N3/c1-37(2,3)36-39-34(30-21-19-29(20-22-30)26-13-7-4-8-14-26)38-35(40-36)33-24-31(27-15-9-5-10-16-27)23-32(25-33)28-17-11-6-12-18-28/h4-25H,1-3H3. The quantitative estimate of drug-likeness (QED) is 0.229. The van der Waals surface area contributed by atoms with Gasteiger partial charge < -0.3 is 0 Å². The van der Waals surface area contributed by atoms with Gasteiger partial charge in [-0.3, -0.25) is 0 Å². The van der Waals surface area contributed by atoms with Crippen molar-refractivity contribution in [1.29, 1.82) is 0 Å². The molecule has 0 unspecified atom stereocenters. The van der Waals surface area contributed by atoms with Crippen LogP contribution in [0.2, 0.25) is 0 Å². The molecular weight excluding hydrogens is 486 g/mol. The second-order valence-corrected chi connectivity index (χ2v) is 11.0. The monoisotopic (exact) mass is 517 g/mol. The Labute approximate surface area is 236 Å². The van der Waals surface area contributed by atoms with Crippen molar-refractivity contribution in [2.24, 2.45) is 0 Å². The van der Waals surface area contributed by atoms with E-state index in [2.05, 4.69) is 136 Å². The van der Waals surface area contributed by atoms with Crippen molar-refractivity contribution in [3.8, 4) is 56.2 Å². The van der Waals surface area contributed by atoms with E-state index in [1.807, 2.05) is 18.2 Å². The molecule has 1 heterocycles. The van der Waals surface area contributed by atoms with E-state index in [0.29, 0.717) is 11.6 Å². The van der Waals surface area contributed by atoms with Crippen molar-refractivity contribution in [2.75, 3.05) is 0 Å². The van der Waals surface area contributed by atoms with Crippen LogP contribution in [0.5, 0.6) is 0 Å². The summed E-state index contributed by atoms with van der Waals surface area (Å²) < 4.78 is 0. The molecule has 0 N–H and O–H groups in total. The highest BCUT2D eigenvalue weighted by atomic mass is 15.0. The minimum absolute atomic E-state index is 0.240. The smallest absolute Gasteiger partial charge is 0.163 e. The first-order valence-corrected chi connectivity index (χ1v) is 13.6. The third kappa shape index (κ3) is 5.45. The molecular formula is C37H31N3.